The Morgan fingerprint density at radius 2 is 1.90 bits per heavy atom. The number of benzene rings is 2. The first-order valence-corrected chi connectivity index (χ1v) is 9.09. The number of halogens is 3. The van der Waals surface area contributed by atoms with Gasteiger partial charge >= 0.3 is 0 Å². The number of amides is 1. The lowest BCUT2D eigenvalue weighted by Gasteiger charge is -2.10. The predicted octanol–water partition coefficient (Wildman–Crippen LogP) is 2.88. The zero-order chi connectivity index (χ0) is 18.8. The van der Waals surface area contributed by atoms with Crippen LogP contribution in [0.2, 0.25) is 0 Å². The van der Waals surface area contributed by atoms with Crippen LogP contribution in [0.4, 0.5) is 4.39 Å². The second kappa shape index (κ2) is 10.0. The monoisotopic (exact) mass is 439 g/mol. The van der Waals surface area contributed by atoms with Crippen LogP contribution in [0.15, 0.2) is 42.5 Å². The van der Waals surface area contributed by atoms with Crippen LogP contribution in [0, 0.1) is 11.7 Å². The first-order chi connectivity index (χ1) is 13.1. The number of aromatic amines is 1. The van der Waals surface area contributed by atoms with Crippen molar-refractivity contribution in [3.8, 4) is 11.1 Å². The first-order valence-electron chi connectivity index (χ1n) is 9.09. The van der Waals surface area contributed by atoms with E-state index in [9.17, 15) is 9.18 Å². The lowest BCUT2D eigenvalue weighted by atomic mass is 10.1. The van der Waals surface area contributed by atoms with Gasteiger partial charge in [0.25, 0.3) is 5.91 Å². The SMILES string of the molecule is Cl.Cl.NC[C@H]1CN[C@H](CNC(=O)c2nc3ccc(-c4ccc(F)cc4)cc3[nH]2)C1. The fourth-order valence-electron chi connectivity index (χ4n) is 3.48. The number of H-pyrrole nitrogens is 1. The quantitative estimate of drug-likeness (QED) is 0.491. The van der Waals surface area contributed by atoms with Crippen LogP contribution in [-0.4, -0.2) is 41.6 Å². The third-order valence-electron chi connectivity index (χ3n) is 5.03. The molecule has 1 saturated heterocycles. The van der Waals surface area contributed by atoms with Crippen LogP contribution < -0.4 is 16.4 Å². The van der Waals surface area contributed by atoms with Crippen LogP contribution in [-0.2, 0) is 0 Å². The Balaban J connectivity index is 0.00000150. The van der Waals surface area contributed by atoms with Crippen LogP contribution in [0.3, 0.4) is 0 Å². The smallest absolute Gasteiger partial charge is 0.287 e. The molecule has 3 aromatic rings. The summed E-state index contributed by atoms with van der Waals surface area (Å²) in [5.74, 6) is 0.264. The standard InChI is InChI=1S/C20H22FN5O.2ClH/c21-15-4-1-13(2-5-15)14-3-6-17-18(8-14)26-19(25-17)20(27)24-11-16-7-12(9-22)10-23-16;;/h1-6,8,12,16,23H,7,9-11,22H2,(H,24,27)(H,25,26);2*1H/t12-,16-;;/m0../s1. The maximum Gasteiger partial charge on any atom is 0.287 e. The summed E-state index contributed by atoms with van der Waals surface area (Å²) in [6.07, 6.45) is 0.970. The second-order valence-electron chi connectivity index (χ2n) is 6.98. The molecule has 156 valence electrons. The molecular weight excluding hydrogens is 416 g/mol. The molecule has 0 spiro atoms. The van der Waals surface area contributed by atoms with Crippen molar-refractivity contribution in [1.82, 2.24) is 20.6 Å². The van der Waals surface area contributed by atoms with E-state index in [1.807, 2.05) is 18.2 Å². The number of nitrogens with zero attached hydrogens (tertiary/aromatic N) is 1. The van der Waals surface area contributed by atoms with Crippen molar-refractivity contribution in [3.05, 3.63) is 54.1 Å². The van der Waals surface area contributed by atoms with Gasteiger partial charge in [0.05, 0.1) is 11.0 Å². The third kappa shape index (κ3) is 5.25. The summed E-state index contributed by atoms with van der Waals surface area (Å²) in [4.78, 5) is 19.9. The molecule has 6 nitrogen and oxygen atoms in total. The largest absolute Gasteiger partial charge is 0.348 e. The van der Waals surface area contributed by atoms with Crippen molar-refractivity contribution in [3.63, 3.8) is 0 Å². The molecule has 1 amide bonds. The van der Waals surface area contributed by atoms with E-state index in [-0.39, 0.29) is 48.4 Å². The van der Waals surface area contributed by atoms with E-state index in [4.69, 9.17) is 5.73 Å². The van der Waals surface area contributed by atoms with Crippen molar-refractivity contribution in [1.29, 1.82) is 0 Å². The van der Waals surface area contributed by atoms with Gasteiger partial charge < -0.3 is 21.4 Å². The topological polar surface area (TPSA) is 95.8 Å². The van der Waals surface area contributed by atoms with E-state index < -0.39 is 0 Å². The molecule has 2 heterocycles. The van der Waals surface area contributed by atoms with Crippen LogP contribution in [0.1, 0.15) is 17.0 Å². The van der Waals surface area contributed by atoms with Crippen molar-refractivity contribution < 1.29 is 9.18 Å². The van der Waals surface area contributed by atoms with Gasteiger partial charge in [-0.3, -0.25) is 4.79 Å². The molecular formula is C20H24Cl2FN5O. The normalized spacial score (nSPS) is 18.1. The first kappa shape index (κ1) is 23.1. The number of carbonyl (C=O) groups is 1. The maximum atomic E-state index is 13.1. The number of hydrogen-bond acceptors (Lipinski definition) is 4. The number of hydrogen-bond donors (Lipinski definition) is 4. The number of fused-ring (bicyclic) bond motifs is 1. The fourth-order valence-corrected chi connectivity index (χ4v) is 3.48. The average Bonchev–Trinajstić information content (AvgIpc) is 3.32. The Morgan fingerprint density at radius 1 is 1.17 bits per heavy atom. The molecule has 5 N–H and O–H groups in total. The molecule has 1 fully saturated rings. The van der Waals surface area contributed by atoms with Crippen LogP contribution in [0.25, 0.3) is 22.2 Å². The van der Waals surface area contributed by atoms with Gasteiger partial charge in [-0.25, -0.2) is 9.37 Å². The molecule has 1 aromatic heterocycles. The fraction of sp³-hybridized carbons (Fsp3) is 0.300. The number of carbonyl (C=O) groups excluding carboxylic acids is 1. The number of nitrogens with one attached hydrogen (secondary N) is 3. The minimum atomic E-state index is -0.269. The number of nitrogens with two attached hydrogens (primary N) is 1. The molecule has 0 aliphatic carbocycles. The van der Waals surface area contributed by atoms with E-state index in [2.05, 4.69) is 20.6 Å². The van der Waals surface area contributed by atoms with Gasteiger partial charge in [0.2, 0.25) is 0 Å². The molecule has 1 aliphatic heterocycles. The van der Waals surface area contributed by atoms with E-state index >= 15 is 0 Å². The minimum absolute atomic E-state index is 0. The highest BCUT2D eigenvalue weighted by atomic mass is 35.5. The highest BCUT2D eigenvalue weighted by Crippen LogP contribution is 2.23. The van der Waals surface area contributed by atoms with Gasteiger partial charge in [0, 0.05) is 12.6 Å². The lowest BCUT2D eigenvalue weighted by Crippen LogP contribution is -2.37. The van der Waals surface area contributed by atoms with E-state index in [0.717, 1.165) is 29.6 Å². The molecule has 29 heavy (non-hydrogen) atoms. The summed E-state index contributed by atoms with van der Waals surface area (Å²) in [5.41, 5.74) is 9.01. The van der Waals surface area contributed by atoms with Crippen LogP contribution in [0.5, 0.6) is 0 Å². The van der Waals surface area contributed by atoms with Crippen molar-refractivity contribution in [2.24, 2.45) is 11.7 Å². The van der Waals surface area contributed by atoms with Gasteiger partial charge in [-0.15, -0.1) is 24.8 Å². The zero-order valence-corrected chi connectivity index (χ0v) is 17.3. The summed E-state index contributed by atoms with van der Waals surface area (Å²) >= 11 is 0. The maximum absolute atomic E-state index is 13.1. The Morgan fingerprint density at radius 3 is 2.59 bits per heavy atom. The van der Waals surface area contributed by atoms with E-state index in [0.29, 0.717) is 24.5 Å². The molecule has 0 radical (unpaired) electrons. The molecule has 0 unspecified atom stereocenters. The summed E-state index contributed by atoms with van der Waals surface area (Å²) in [6.45, 7) is 2.11. The lowest BCUT2D eigenvalue weighted by molar-refractivity contribution is 0.0941. The molecule has 2 aromatic carbocycles. The van der Waals surface area contributed by atoms with E-state index in [1.54, 1.807) is 12.1 Å². The Hall–Kier alpha value is -2.19. The second-order valence-corrected chi connectivity index (χ2v) is 6.98. The number of imidazole rings is 1. The molecule has 1 aliphatic rings. The summed E-state index contributed by atoms with van der Waals surface area (Å²) in [5, 5.41) is 6.29. The van der Waals surface area contributed by atoms with Gasteiger partial charge in [0.1, 0.15) is 5.82 Å². The van der Waals surface area contributed by atoms with Gasteiger partial charge in [-0.1, -0.05) is 18.2 Å². The molecule has 0 saturated carbocycles. The Bertz CT molecular complexity index is 963. The van der Waals surface area contributed by atoms with Crippen molar-refractivity contribution >= 4 is 41.8 Å². The molecule has 4 rings (SSSR count). The summed E-state index contributed by atoms with van der Waals surface area (Å²) in [6, 6.07) is 12.2. The third-order valence-corrected chi connectivity index (χ3v) is 5.03. The minimum Gasteiger partial charge on any atom is -0.348 e. The molecule has 2 atom stereocenters. The molecule has 0 bridgehead atoms. The summed E-state index contributed by atoms with van der Waals surface area (Å²) < 4.78 is 13.1. The highest BCUT2D eigenvalue weighted by molar-refractivity contribution is 5.95. The van der Waals surface area contributed by atoms with Gasteiger partial charge in [-0.2, -0.15) is 0 Å². The summed E-state index contributed by atoms with van der Waals surface area (Å²) in [7, 11) is 0. The zero-order valence-electron chi connectivity index (χ0n) is 15.7. The van der Waals surface area contributed by atoms with Crippen molar-refractivity contribution in [2.45, 2.75) is 12.5 Å². The predicted molar refractivity (Wildman–Crippen MR) is 117 cm³/mol. The molecule has 9 heteroatoms. The van der Waals surface area contributed by atoms with Crippen LogP contribution >= 0.6 is 24.8 Å². The Labute approximate surface area is 180 Å². The van der Waals surface area contributed by atoms with E-state index in [1.165, 1.54) is 12.1 Å². The van der Waals surface area contributed by atoms with Gasteiger partial charge in [-0.05, 0) is 60.8 Å². The highest BCUT2D eigenvalue weighted by Gasteiger charge is 2.23. The Kier molecular flexibility index (Phi) is 7.98. The average molecular weight is 440 g/mol. The number of aromatic nitrogens is 2. The van der Waals surface area contributed by atoms with Gasteiger partial charge in [0.15, 0.2) is 5.82 Å². The number of rotatable bonds is 5. The van der Waals surface area contributed by atoms with Crippen molar-refractivity contribution in [2.75, 3.05) is 19.6 Å².